The van der Waals surface area contributed by atoms with Gasteiger partial charge in [0.1, 0.15) is 17.7 Å². The predicted molar refractivity (Wildman–Crippen MR) is 59.0 cm³/mol. The normalized spacial score (nSPS) is 14.6. The maximum atomic E-state index is 13.5. The first-order valence-electron chi connectivity index (χ1n) is 5.17. The van der Waals surface area contributed by atoms with Gasteiger partial charge in [0.2, 0.25) is 0 Å². The molecule has 0 spiro atoms. The van der Waals surface area contributed by atoms with Crippen LogP contribution in [0.15, 0.2) is 18.2 Å². The van der Waals surface area contributed by atoms with Crippen LogP contribution in [0.25, 0.3) is 0 Å². The summed E-state index contributed by atoms with van der Waals surface area (Å²) in [7, 11) is 1.58. The minimum atomic E-state index is -0.814. The van der Waals surface area contributed by atoms with Crippen molar-refractivity contribution in [1.82, 2.24) is 0 Å². The maximum absolute atomic E-state index is 13.5. The summed E-state index contributed by atoms with van der Waals surface area (Å²) in [5.74, 6) is -0.0245. The Labute approximate surface area is 94.8 Å². The molecule has 0 saturated carbocycles. The van der Waals surface area contributed by atoms with E-state index in [1.807, 2.05) is 6.92 Å². The molecular formula is C12H17FO3. The van der Waals surface area contributed by atoms with Crippen molar-refractivity contribution in [1.29, 1.82) is 0 Å². The third kappa shape index (κ3) is 3.47. The molecular weight excluding hydrogens is 211 g/mol. The number of hydrogen-bond donors (Lipinski definition) is 1. The van der Waals surface area contributed by atoms with Gasteiger partial charge < -0.3 is 14.6 Å². The molecule has 0 radical (unpaired) electrons. The summed E-state index contributed by atoms with van der Waals surface area (Å²) in [6, 6.07) is 4.43. The van der Waals surface area contributed by atoms with E-state index in [4.69, 9.17) is 9.47 Å². The van der Waals surface area contributed by atoms with Gasteiger partial charge in [-0.2, -0.15) is 0 Å². The molecule has 1 rings (SSSR count). The Morgan fingerprint density at radius 1 is 1.38 bits per heavy atom. The lowest BCUT2D eigenvalue weighted by Crippen LogP contribution is -2.18. The molecule has 0 bridgehead atoms. The fraction of sp³-hybridized carbons (Fsp3) is 0.500. The van der Waals surface area contributed by atoms with Gasteiger partial charge in [0.15, 0.2) is 0 Å². The number of hydrogen-bond acceptors (Lipinski definition) is 3. The lowest BCUT2D eigenvalue weighted by Gasteiger charge is -2.14. The minimum Gasteiger partial charge on any atom is -0.488 e. The summed E-state index contributed by atoms with van der Waals surface area (Å²) >= 11 is 0. The Morgan fingerprint density at radius 2 is 2.06 bits per heavy atom. The number of methoxy groups -OCH3 is 1. The first-order chi connectivity index (χ1) is 7.54. The fourth-order valence-electron chi connectivity index (χ4n) is 1.42. The van der Waals surface area contributed by atoms with E-state index in [0.29, 0.717) is 12.4 Å². The number of halogens is 1. The van der Waals surface area contributed by atoms with Crippen LogP contribution >= 0.6 is 0 Å². The molecule has 4 heteroatoms. The van der Waals surface area contributed by atoms with Crippen LogP contribution in [0.3, 0.4) is 0 Å². The summed E-state index contributed by atoms with van der Waals surface area (Å²) in [6.45, 7) is 3.80. The molecule has 2 atom stereocenters. The second kappa shape index (κ2) is 5.82. The van der Waals surface area contributed by atoms with Crippen LogP contribution in [0.2, 0.25) is 0 Å². The monoisotopic (exact) mass is 228 g/mol. The van der Waals surface area contributed by atoms with Gasteiger partial charge >= 0.3 is 0 Å². The topological polar surface area (TPSA) is 38.7 Å². The van der Waals surface area contributed by atoms with E-state index in [9.17, 15) is 9.50 Å². The standard InChI is InChI=1S/C12H17FO3/c1-8(7-15-3)16-10-4-5-11(9(2)14)12(13)6-10/h4-6,8-9,14H,7H2,1-3H3. The van der Waals surface area contributed by atoms with Crippen LogP contribution < -0.4 is 4.74 Å². The lowest BCUT2D eigenvalue weighted by atomic mass is 10.1. The van der Waals surface area contributed by atoms with Gasteiger partial charge in [-0.25, -0.2) is 4.39 Å². The van der Waals surface area contributed by atoms with E-state index in [1.54, 1.807) is 13.2 Å². The van der Waals surface area contributed by atoms with Crippen molar-refractivity contribution in [3.8, 4) is 5.75 Å². The van der Waals surface area contributed by atoms with Gasteiger partial charge in [0, 0.05) is 18.7 Å². The Morgan fingerprint density at radius 3 is 2.56 bits per heavy atom. The molecule has 0 amide bonds. The van der Waals surface area contributed by atoms with E-state index >= 15 is 0 Å². The summed E-state index contributed by atoms with van der Waals surface area (Å²) in [5, 5.41) is 9.26. The highest BCUT2D eigenvalue weighted by Gasteiger charge is 2.10. The summed E-state index contributed by atoms with van der Waals surface area (Å²) in [6.07, 6.45) is -0.952. The molecule has 1 aromatic carbocycles. The molecule has 0 saturated heterocycles. The van der Waals surface area contributed by atoms with E-state index < -0.39 is 11.9 Å². The first kappa shape index (κ1) is 12.9. The van der Waals surface area contributed by atoms with E-state index in [1.165, 1.54) is 19.1 Å². The molecule has 90 valence electrons. The van der Waals surface area contributed by atoms with Gasteiger partial charge in [-0.05, 0) is 26.0 Å². The van der Waals surface area contributed by atoms with Crippen molar-refractivity contribution >= 4 is 0 Å². The molecule has 3 nitrogen and oxygen atoms in total. The molecule has 0 fully saturated rings. The highest BCUT2D eigenvalue weighted by atomic mass is 19.1. The Hall–Kier alpha value is -1.13. The highest BCUT2D eigenvalue weighted by molar-refractivity contribution is 5.30. The van der Waals surface area contributed by atoms with E-state index in [0.717, 1.165) is 0 Å². The smallest absolute Gasteiger partial charge is 0.132 e. The average molecular weight is 228 g/mol. The van der Waals surface area contributed by atoms with Crippen molar-refractivity contribution in [2.24, 2.45) is 0 Å². The maximum Gasteiger partial charge on any atom is 0.132 e. The van der Waals surface area contributed by atoms with Gasteiger partial charge in [-0.15, -0.1) is 0 Å². The number of rotatable bonds is 5. The zero-order valence-corrected chi connectivity index (χ0v) is 9.74. The number of benzene rings is 1. The predicted octanol–water partition coefficient (Wildman–Crippen LogP) is 2.29. The zero-order valence-electron chi connectivity index (χ0n) is 9.74. The lowest BCUT2D eigenvalue weighted by molar-refractivity contribution is 0.0917. The number of aliphatic hydroxyl groups is 1. The molecule has 0 aromatic heterocycles. The van der Waals surface area contributed by atoms with Crippen molar-refractivity contribution < 1.29 is 19.0 Å². The average Bonchev–Trinajstić information content (AvgIpc) is 2.17. The van der Waals surface area contributed by atoms with Crippen LogP contribution in [-0.4, -0.2) is 24.9 Å². The molecule has 0 aliphatic heterocycles. The van der Waals surface area contributed by atoms with Crippen molar-refractivity contribution in [2.45, 2.75) is 26.1 Å². The molecule has 1 N–H and O–H groups in total. The van der Waals surface area contributed by atoms with Crippen LogP contribution in [0.5, 0.6) is 5.75 Å². The van der Waals surface area contributed by atoms with Crippen LogP contribution in [0.4, 0.5) is 4.39 Å². The van der Waals surface area contributed by atoms with Gasteiger partial charge in [-0.3, -0.25) is 0 Å². The van der Waals surface area contributed by atoms with Crippen molar-refractivity contribution in [3.63, 3.8) is 0 Å². The largest absolute Gasteiger partial charge is 0.488 e. The Balaban J connectivity index is 2.73. The van der Waals surface area contributed by atoms with Crippen molar-refractivity contribution in [3.05, 3.63) is 29.6 Å². The molecule has 1 aromatic rings. The molecule has 16 heavy (non-hydrogen) atoms. The fourth-order valence-corrected chi connectivity index (χ4v) is 1.42. The molecule has 2 unspecified atom stereocenters. The van der Waals surface area contributed by atoms with Gasteiger partial charge in [-0.1, -0.05) is 0 Å². The van der Waals surface area contributed by atoms with Gasteiger partial charge in [0.25, 0.3) is 0 Å². The van der Waals surface area contributed by atoms with Crippen LogP contribution in [0, 0.1) is 5.82 Å². The van der Waals surface area contributed by atoms with E-state index in [-0.39, 0.29) is 11.7 Å². The minimum absolute atomic E-state index is 0.137. The molecule has 0 heterocycles. The third-order valence-electron chi connectivity index (χ3n) is 2.16. The van der Waals surface area contributed by atoms with E-state index in [2.05, 4.69) is 0 Å². The Bertz CT molecular complexity index is 339. The SMILES string of the molecule is COCC(C)Oc1ccc(C(C)O)c(F)c1. The molecule has 0 aliphatic rings. The second-order valence-corrected chi connectivity index (χ2v) is 3.74. The summed E-state index contributed by atoms with van der Waals surface area (Å²) in [4.78, 5) is 0. The van der Waals surface area contributed by atoms with Crippen LogP contribution in [-0.2, 0) is 4.74 Å². The van der Waals surface area contributed by atoms with Crippen LogP contribution in [0.1, 0.15) is 25.5 Å². The molecule has 0 aliphatic carbocycles. The zero-order chi connectivity index (χ0) is 12.1. The van der Waals surface area contributed by atoms with Gasteiger partial charge in [0.05, 0.1) is 12.7 Å². The highest BCUT2D eigenvalue weighted by Crippen LogP contribution is 2.22. The summed E-state index contributed by atoms with van der Waals surface area (Å²) < 4.78 is 23.8. The number of aliphatic hydroxyl groups excluding tert-OH is 1. The number of ether oxygens (including phenoxy) is 2. The second-order valence-electron chi connectivity index (χ2n) is 3.74. The third-order valence-corrected chi connectivity index (χ3v) is 2.16. The quantitative estimate of drug-likeness (QED) is 0.840. The summed E-state index contributed by atoms with van der Waals surface area (Å²) in [5.41, 5.74) is 0.270. The first-order valence-corrected chi connectivity index (χ1v) is 5.17. The Kier molecular flexibility index (Phi) is 4.71. The van der Waals surface area contributed by atoms with Crippen molar-refractivity contribution in [2.75, 3.05) is 13.7 Å².